The normalized spacial score (nSPS) is 14.3. The Morgan fingerprint density at radius 1 is 0.870 bits per heavy atom. The van der Waals surface area contributed by atoms with Crippen LogP contribution in [0.15, 0.2) is 66.0 Å². The van der Waals surface area contributed by atoms with Crippen LogP contribution < -0.4 is 4.18 Å². The lowest BCUT2D eigenvalue weighted by Gasteiger charge is -2.27. The second-order valence-corrected chi connectivity index (χ2v) is 14.9. The highest BCUT2D eigenvalue weighted by Gasteiger charge is 2.32. The molecule has 7 rings (SSSR count). The van der Waals surface area contributed by atoms with Gasteiger partial charge in [0.15, 0.2) is 5.82 Å². The molecule has 1 saturated carbocycles. The van der Waals surface area contributed by atoms with Crippen LogP contribution >= 0.6 is 0 Å². The van der Waals surface area contributed by atoms with E-state index in [0.717, 1.165) is 63.4 Å². The van der Waals surface area contributed by atoms with Gasteiger partial charge in [-0.3, -0.25) is 4.98 Å². The summed E-state index contributed by atoms with van der Waals surface area (Å²) in [5.74, 6) is 0.810. The van der Waals surface area contributed by atoms with Crippen molar-refractivity contribution in [1.29, 1.82) is 0 Å². The Balaban J connectivity index is 1.48. The SMILES string of the molecule is CC(C)c1cc(C(C)C)c(S(=O)(=O)Oc2nc(-c3ccnc4[nH]c5ccccc5c34)nc3cncc(C4CCC4)c23)c(C(C)C)c1. The summed E-state index contributed by atoms with van der Waals surface area (Å²) >= 11 is 0. The molecule has 236 valence electrons. The fraction of sp³-hybridized carbons (Fsp3) is 0.351. The first-order chi connectivity index (χ1) is 22.0. The monoisotopic (exact) mass is 633 g/mol. The van der Waals surface area contributed by atoms with Gasteiger partial charge in [0, 0.05) is 34.2 Å². The van der Waals surface area contributed by atoms with E-state index in [4.69, 9.17) is 14.2 Å². The van der Waals surface area contributed by atoms with Crippen LogP contribution in [0.2, 0.25) is 0 Å². The molecule has 46 heavy (non-hydrogen) atoms. The number of aromatic amines is 1. The summed E-state index contributed by atoms with van der Waals surface area (Å²) in [4.78, 5) is 22.6. The van der Waals surface area contributed by atoms with Crippen molar-refractivity contribution in [2.45, 2.75) is 89.4 Å². The molecule has 6 aromatic rings. The molecular weight excluding hydrogens is 595 g/mol. The number of benzene rings is 2. The highest BCUT2D eigenvalue weighted by Crippen LogP contribution is 2.44. The zero-order valence-corrected chi connectivity index (χ0v) is 27.9. The van der Waals surface area contributed by atoms with Crippen molar-refractivity contribution in [2.75, 3.05) is 0 Å². The van der Waals surface area contributed by atoms with E-state index in [1.54, 1.807) is 12.4 Å². The molecule has 4 aromatic heterocycles. The van der Waals surface area contributed by atoms with Gasteiger partial charge in [-0.25, -0.2) is 9.97 Å². The number of H-pyrrole nitrogens is 1. The van der Waals surface area contributed by atoms with Gasteiger partial charge >= 0.3 is 10.1 Å². The maximum absolute atomic E-state index is 14.6. The van der Waals surface area contributed by atoms with E-state index in [9.17, 15) is 8.42 Å². The molecule has 1 fully saturated rings. The van der Waals surface area contributed by atoms with E-state index in [0.29, 0.717) is 22.4 Å². The average Bonchev–Trinajstić information content (AvgIpc) is 3.38. The first-order valence-electron chi connectivity index (χ1n) is 16.2. The number of hydrogen-bond acceptors (Lipinski definition) is 7. The van der Waals surface area contributed by atoms with Gasteiger partial charge in [-0.05, 0) is 70.9 Å². The topological polar surface area (TPSA) is 111 Å². The van der Waals surface area contributed by atoms with Crippen molar-refractivity contribution in [3.8, 4) is 17.3 Å². The number of aromatic nitrogens is 5. The van der Waals surface area contributed by atoms with E-state index >= 15 is 0 Å². The Hall–Kier alpha value is -4.37. The molecule has 0 bridgehead atoms. The smallest absolute Gasteiger partial charge is 0.341 e. The van der Waals surface area contributed by atoms with Crippen molar-refractivity contribution < 1.29 is 12.6 Å². The van der Waals surface area contributed by atoms with Crippen molar-refractivity contribution in [3.63, 3.8) is 0 Å². The minimum atomic E-state index is -4.32. The summed E-state index contributed by atoms with van der Waals surface area (Å²) in [6.07, 6.45) is 8.31. The van der Waals surface area contributed by atoms with Crippen LogP contribution in [0.25, 0.3) is 44.2 Å². The standard InChI is InChI=1S/C37H39N5O3S/c1-20(2)24-16-27(21(3)4)34(28(17-24)22(5)6)46(43,44)45-37-33-29(23-10-9-11-23)18-38-19-31(33)41-35(42-37)26-14-15-39-36-32(26)25-12-7-8-13-30(25)40-36/h7-8,12-23H,9-11H2,1-6H3,(H,39,40). The Labute approximate surface area is 269 Å². The van der Waals surface area contributed by atoms with Gasteiger partial charge in [-0.15, -0.1) is 0 Å². The molecule has 0 aliphatic heterocycles. The van der Waals surface area contributed by atoms with Crippen molar-refractivity contribution in [2.24, 2.45) is 0 Å². The first kappa shape index (κ1) is 30.3. The van der Waals surface area contributed by atoms with Crippen LogP contribution in [0.3, 0.4) is 0 Å². The summed E-state index contributed by atoms with van der Waals surface area (Å²) in [6, 6.07) is 13.9. The van der Waals surface area contributed by atoms with Crippen LogP contribution in [-0.2, 0) is 10.1 Å². The molecule has 4 heterocycles. The summed E-state index contributed by atoms with van der Waals surface area (Å²) in [6.45, 7) is 12.4. The quantitative estimate of drug-likeness (QED) is 0.166. The lowest BCUT2D eigenvalue weighted by atomic mass is 9.79. The summed E-state index contributed by atoms with van der Waals surface area (Å²) in [7, 11) is -4.32. The number of hydrogen-bond donors (Lipinski definition) is 1. The van der Waals surface area contributed by atoms with Gasteiger partial charge in [0.25, 0.3) is 0 Å². The van der Waals surface area contributed by atoms with E-state index in [-0.39, 0.29) is 34.4 Å². The predicted octanol–water partition coefficient (Wildman–Crippen LogP) is 9.13. The van der Waals surface area contributed by atoms with Crippen molar-refractivity contribution in [3.05, 3.63) is 83.3 Å². The number of pyridine rings is 2. The third kappa shape index (κ3) is 5.11. The van der Waals surface area contributed by atoms with Crippen LogP contribution in [0.1, 0.15) is 107 Å². The Morgan fingerprint density at radius 3 is 2.24 bits per heavy atom. The summed E-state index contributed by atoms with van der Waals surface area (Å²) in [5, 5.41) is 2.45. The van der Waals surface area contributed by atoms with Crippen molar-refractivity contribution >= 4 is 43.0 Å². The number of para-hydroxylation sites is 1. The van der Waals surface area contributed by atoms with Gasteiger partial charge in [-0.1, -0.05) is 78.3 Å². The van der Waals surface area contributed by atoms with E-state index in [2.05, 4.69) is 28.8 Å². The number of nitrogens with one attached hydrogen (secondary N) is 1. The van der Waals surface area contributed by atoms with E-state index in [1.807, 2.05) is 76.4 Å². The fourth-order valence-corrected chi connectivity index (χ4v) is 8.14. The zero-order chi connectivity index (χ0) is 32.3. The van der Waals surface area contributed by atoms with E-state index < -0.39 is 10.1 Å². The second-order valence-electron chi connectivity index (χ2n) is 13.4. The number of fused-ring (bicyclic) bond motifs is 4. The lowest BCUT2D eigenvalue weighted by molar-refractivity contribution is 0.420. The maximum Gasteiger partial charge on any atom is 0.341 e. The Kier molecular flexibility index (Phi) is 7.54. The molecular formula is C37H39N5O3S. The Morgan fingerprint density at radius 2 is 1.59 bits per heavy atom. The molecule has 0 atom stereocenters. The third-order valence-electron chi connectivity index (χ3n) is 9.31. The molecule has 8 nitrogen and oxygen atoms in total. The molecule has 2 aromatic carbocycles. The molecule has 0 saturated heterocycles. The molecule has 9 heteroatoms. The lowest BCUT2D eigenvalue weighted by Crippen LogP contribution is -2.19. The largest absolute Gasteiger partial charge is 0.357 e. The third-order valence-corrected chi connectivity index (χ3v) is 10.7. The molecule has 1 aliphatic rings. The van der Waals surface area contributed by atoms with Crippen LogP contribution in [-0.4, -0.2) is 33.3 Å². The van der Waals surface area contributed by atoms with Crippen LogP contribution in [0.5, 0.6) is 5.88 Å². The highest BCUT2D eigenvalue weighted by atomic mass is 32.2. The molecule has 0 spiro atoms. The maximum atomic E-state index is 14.6. The summed E-state index contributed by atoms with van der Waals surface area (Å²) < 4.78 is 35.5. The average molecular weight is 634 g/mol. The minimum Gasteiger partial charge on any atom is -0.357 e. The Bertz CT molecular complexity index is 2200. The van der Waals surface area contributed by atoms with Gasteiger partial charge < -0.3 is 9.17 Å². The molecule has 0 amide bonds. The van der Waals surface area contributed by atoms with Crippen molar-refractivity contribution in [1.82, 2.24) is 24.9 Å². The first-order valence-corrected chi connectivity index (χ1v) is 17.6. The highest BCUT2D eigenvalue weighted by molar-refractivity contribution is 7.87. The number of nitrogens with zero attached hydrogens (tertiary/aromatic N) is 4. The van der Waals surface area contributed by atoms with Crippen LogP contribution in [0.4, 0.5) is 0 Å². The second kappa shape index (κ2) is 11.5. The summed E-state index contributed by atoms with van der Waals surface area (Å²) in [5.41, 5.74) is 6.47. The van der Waals surface area contributed by atoms with Gasteiger partial charge in [0.2, 0.25) is 5.88 Å². The van der Waals surface area contributed by atoms with E-state index in [1.165, 1.54) is 0 Å². The predicted molar refractivity (Wildman–Crippen MR) is 183 cm³/mol. The van der Waals surface area contributed by atoms with Gasteiger partial charge in [-0.2, -0.15) is 13.4 Å². The van der Waals surface area contributed by atoms with Gasteiger partial charge in [0.05, 0.1) is 17.1 Å². The zero-order valence-electron chi connectivity index (χ0n) is 27.1. The fourth-order valence-electron chi connectivity index (χ4n) is 6.56. The molecule has 0 radical (unpaired) electrons. The van der Waals surface area contributed by atoms with Gasteiger partial charge in [0.1, 0.15) is 10.5 Å². The van der Waals surface area contributed by atoms with Crippen LogP contribution in [0, 0.1) is 0 Å². The molecule has 0 unspecified atom stereocenters. The number of rotatable bonds is 8. The minimum absolute atomic E-state index is 0.0338. The molecule has 1 aliphatic carbocycles. The molecule has 1 N–H and O–H groups in total.